The van der Waals surface area contributed by atoms with Gasteiger partial charge in [0.2, 0.25) is 5.91 Å². The van der Waals surface area contributed by atoms with Gasteiger partial charge in [0.25, 0.3) is 5.91 Å². The van der Waals surface area contributed by atoms with Crippen molar-refractivity contribution in [3.8, 4) is 5.69 Å². The Morgan fingerprint density at radius 2 is 1.74 bits per heavy atom. The van der Waals surface area contributed by atoms with Gasteiger partial charge in [-0.25, -0.2) is 4.68 Å². The number of aryl methyl sites for hydroxylation is 2. The highest BCUT2D eigenvalue weighted by Gasteiger charge is 2.23. The Kier molecular flexibility index (Phi) is 7.92. The molecule has 0 aliphatic rings. The molecule has 0 bridgehead atoms. The largest absolute Gasteiger partial charge is 0.329 e. The summed E-state index contributed by atoms with van der Waals surface area (Å²) in [6, 6.07) is 17.5. The molecule has 0 aliphatic carbocycles. The zero-order valence-corrected chi connectivity index (χ0v) is 21.2. The maximum Gasteiger partial charge on any atom is 0.254 e. The average molecular weight is 461 g/mol. The maximum atomic E-state index is 13.1. The molecule has 2 amide bonds. The quantitative estimate of drug-likeness (QED) is 0.480. The van der Waals surface area contributed by atoms with Crippen molar-refractivity contribution in [3.63, 3.8) is 0 Å². The number of amides is 2. The summed E-state index contributed by atoms with van der Waals surface area (Å²) < 4.78 is 1.76. The summed E-state index contributed by atoms with van der Waals surface area (Å²) in [6.07, 6.45) is 1.68. The fourth-order valence-electron chi connectivity index (χ4n) is 3.74. The van der Waals surface area contributed by atoms with Crippen molar-refractivity contribution in [1.82, 2.24) is 14.7 Å². The van der Waals surface area contributed by atoms with Gasteiger partial charge in [0, 0.05) is 23.6 Å². The van der Waals surface area contributed by atoms with E-state index in [1.807, 2.05) is 68.4 Å². The molecule has 180 valence electrons. The first-order valence-corrected chi connectivity index (χ1v) is 12.0. The van der Waals surface area contributed by atoms with E-state index in [0.717, 1.165) is 29.8 Å². The van der Waals surface area contributed by atoms with E-state index >= 15 is 0 Å². The summed E-state index contributed by atoms with van der Waals surface area (Å²) in [5.74, 6) is 0.209. The van der Waals surface area contributed by atoms with Gasteiger partial charge in [-0.15, -0.1) is 0 Å². The van der Waals surface area contributed by atoms with Gasteiger partial charge in [-0.1, -0.05) is 58.9 Å². The van der Waals surface area contributed by atoms with Crippen molar-refractivity contribution in [1.29, 1.82) is 0 Å². The first kappa shape index (κ1) is 25.2. The minimum atomic E-state index is -0.249. The van der Waals surface area contributed by atoms with E-state index in [1.165, 1.54) is 5.56 Å². The van der Waals surface area contributed by atoms with Gasteiger partial charge in [-0.05, 0) is 55.2 Å². The molecule has 0 saturated carbocycles. The molecule has 1 N–H and O–H groups in total. The van der Waals surface area contributed by atoms with E-state index in [-0.39, 0.29) is 23.8 Å². The lowest BCUT2D eigenvalue weighted by Gasteiger charge is -2.22. The second kappa shape index (κ2) is 10.7. The van der Waals surface area contributed by atoms with Crippen LogP contribution in [0.15, 0.2) is 54.6 Å². The summed E-state index contributed by atoms with van der Waals surface area (Å²) in [4.78, 5) is 27.8. The van der Waals surface area contributed by atoms with E-state index in [4.69, 9.17) is 5.10 Å². The number of carbonyl (C=O) groups is 2. The van der Waals surface area contributed by atoms with Crippen LogP contribution in [-0.2, 0) is 16.6 Å². The van der Waals surface area contributed by atoms with E-state index in [2.05, 4.69) is 33.0 Å². The number of nitrogens with zero attached hydrogens (tertiary/aromatic N) is 3. The molecule has 1 heterocycles. The number of aromatic nitrogens is 2. The van der Waals surface area contributed by atoms with Crippen molar-refractivity contribution in [2.45, 2.75) is 59.8 Å². The van der Waals surface area contributed by atoms with Gasteiger partial charge >= 0.3 is 0 Å². The van der Waals surface area contributed by atoms with Gasteiger partial charge in [0.1, 0.15) is 12.4 Å². The summed E-state index contributed by atoms with van der Waals surface area (Å²) in [6.45, 7) is 12.9. The smallest absolute Gasteiger partial charge is 0.254 e. The molecule has 0 fully saturated rings. The van der Waals surface area contributed by atoms with Crippen molar-refractivity contribution in [3.05, 3.63) is 77.0 Å². The molecule has 0 atom stereocenters. The van der Waals surface area contributed by atoms with Crippen molar-refractivity contribution >= 4 is 17.6 Å². The van der Waals surface area contributed by atoms with Gasteiger partial charge in [-0.2, -0.15) is 5.10 Å². The Hall–Kier alpha value is -3.41. The molecule has 34 heavy (non-hydrogen) atoms. The van der Waals surface area contributed by atoms with Crippen LogP contribution in [0.5, 0.6) is 0 Å². The maximum absolute atomic E-state index is 13.1. The summed E-state index contributed by atoms with van der Waals surface area (Å²) in [5.41, 5.74) is 4.46. The molecule has 3 rings (SSSR count). The van der Waals surface area contributed by atoms with Crippen LogP contribution in [-0.4, -0.2) is 39.6 Å². The van der Waals surface area contributed by atoms with Crippen molar-refractivity contribution in [2.75, 3.05) is 18.4 Å². The Morgan fingerprint density at radius 3 is 2.32 bits per heavy atom. The van der Waals surface area contributed by atoms with E-state index in [9.17, 15) is 9.59 Å². The molecule has 0 aliphatic heterocycles. The van der Waals surface area contributed by atoms with Crippen LogP contribution in [0.4, 0.5) is 5.82 Å². The number of rotatable bonds is 8. The average Bonchev–Trinajstić information content (AvgIpc) is 3.22. The summed E-state index contributed by atoms with van der Waals surface area (Å²) in [5, 5.41) is 7.78. The lowest BCUT2D eigenvalue weighted by Crippen LogP contribution is -2.38. The molecule has 0 spiro atoms. The first-order chi connectivity index (χ1) is 16.1. The summed E-state index contributed by atoms with van der Waals surface area (Å²) >= 11 is 0. The zero-order valence-electron chi connectivity index (χ0n) is 21.2. The Balaban J connectivity index is 1.84. The SMILES string of the molecule is CCCN(CC(=O)Nc1cc(C(C)(C)C)nn1-c1cccc(C)c1)C(=O)c1ccc(CC)cc1. The molecule has 0 unspecified atom stereocenters. The zero-order chi connectivity index (χ0) is 24.9. The van der Waals surface area contributed by atoms with Gasteiger partial charge < -0.3 is 10.2 Å². The van der Waals surface area contributed by atoms with Crippen molar-refractivity contribution in [2.24, 2.45) is 0 Å². The molecule has 0 saturated heterocycles. The molecule has 1 aromatic heterocycles. The first-order valence-electron chi connectivity index (χ1n) is 12.0. The number of nitrogens with one attached hydrogen (secondary N) is 1. The monoisotopic (exact) mass is 460 g/mol. The normalized spacial score (nSPS) is 11.4. The number of hydrogen-bond donors (Lipinski definition) is 1. The van der Waals surface area contributed by atoms with E-state index in [1.54, 1.807) is 9.58 Å². The second-order valence-corrected chi connectivity index (χ2v) is 9.74. The van der Waals surface area contributed by atoms with Crippen LogP contribution in [0.3, 0.4) is 0 Å². The van der Waals surface area contributed by atoms with E-state index in [0.29, 0.717) is 17.9 Å². The third-order valence-electron chi connectivity index (χ3n) is 5.72. The van der Waals surface area contributed by atoms with Crippen LogP contribution >= 0.6 is 0 Å². The standard InChI is InChI=1S/C28H36N4O2/c1-7-16-31(27(34)22-14-12-21(8-2)13-15-22)19-26(33)29-25-18-24(28(4,5)6)30-32(25)23-11-9-10-20(3)17-23/h9-15,17-18H,7-8,16,19H2,1-6H3,(H,29,33). The molecule has 6 heteroatoms. The van der Waals surface area contributed by atoms with Gasteiger partial charge in [0.05, 0.1) is 11.4 Å². The molecule has 6 nitrogen and oxygen atoms in total. The Labute approximate surface area is 203 Å². The number of benzene rings is 2. The molecule has 3 aromatic rings. The van der Waals surface area contributed by atoms with Gasteiger partial charge in [0.15, 0.2) is 0 Å². The van der Waals surface area contributed by atoms with Gasteiger partial charge in [-0.3, -0.25) is 9.59 Å². The Morgan fingerprint density at radius 1 is 1.03 bits per heavy atom. The molecule has 0 radical (unpaired) electrons. The fourth-order valence-corrected chi connectivity index (χ4v) is 3.74. The van der Waals surface area contributed by atoms with Crippen molar-refractivity contribution < 1.29 is 9.59 Å². The summed E-state index contributed by atoms with van der Waals surface area (Å²) in [7, 11) is 0. The highest BCUT2D eigenvalue weighted by atomic mass is 16.2. The number of anilines is 1. The van der Waals surface area contributed by atoms with Crippen LogP contribution in [0.2, 0.25) is 0 Å². The predicted molar refractivity (Wildman–Crippen MR) is 138 cm³/mol. The molecular weight excluding hydrogens is 424 g/mol. The highest BCUT2D eigenvalue weighted by Crippen LogP contribution is 2.26. The predicted octanol–water partition coefficient (Wildman–Crippen LogP) is 5.53. The lowest BCUT2D eigenvalue weighted by molar-refractivity contribution is -0.116. The van der Waals surface area contributed by atoms with Crippen LogP contribution in [0, 0.1) is 6.92 Å². The minimum absolute atomic E-state index is 0.0218. The topological polar surface area (TPSA) is 67.2 Å². The third kappa shape index (κ3) is 6.13. The third-order valence-corrected chi connectivity index (χ3v) is 5.72. The Bertz CT molecular complexity index is 1140. The second-order valence-electron chi connectivity index (χ2n) is 9.74. The number of carbonyl (C=O) groups excluding carboxylic acids is 2. The fraction of sp³-hybridized carbons (Fsp3) is 0.393. The molecular formula is C28H36N4O2. The van der Waals surface area contributed by atoms with Crippen LogP contribution in [0.25, 0.3) is 5.69 Å². The van der Waals surface area contributed by atoms with Crippen LogP contribution in [0.1, 0.15) is 68.2 Å². The number of hydrogen-bond acceptors (Lipinski definition) is 3. The van der Waals surface area contributed by atoms with Crippen LogP contribution < -0.4 is 5.32 Å². The lowest BCUT2D eigenvalue weighted by atomic mass is 9.92. The minimum Gasteiger partial charge on any atom is -0.329 e. The molecule has 2 aromatic carbocycles. The highest BCUT2D eigenvalue weighted by molar-refractivity contribution is 5.99. The van der Waals surface area contributed by atoms with E-state index < -0.39 is 0 Å².